The van der Waals surface area contributed by atoms with Gasteiger partial charge >= 0.3 is 6.09 Å². The molecule has 4 aliphatic rings. The van der Waals surface area contributed by atoms with E-state index in [9.17, 15) is 9.59 Å². The SMILES string of the molecule is CCOC(=O)N1C2CCC1CC(N1CCC3(CC1)CN(C(C)=O)c1c(C)cc(C)cc13)C2. The van der Waals surface area contributed by atoms with Crippen LogP contribution in [0, 0.1) is 13.8 Å². The summed E-state index contributed by atoms with van der Waals surface area (Å²) in [6.45, 7) is 11.3. The highest BCUT2D eigenvalue weighted by molar-refractivity contribution is 5.96. The maximum absolute atomic E-state index is 12.5. The highest BCUT2D eigenvalue weighted by atomic mass is 16.6. The van der Waals surface area contributed by atoms with Gasteiger partial charge in [-0.2, -0.15) is 0 Å². The zero-order valence-electron chi connectivity index (χ0n) is 20.0. The van der Waals surface area contributed by atoms with E-state index >= 15 is 0 Å². The van der Waals surface area contributed by atoms with Crippen LogP contribution in [0.2, 0.25) is 0 Å². The van der Waals surface area contributed by atoms with Crippen LogP contribution in [-0.4, -0.2) is 66.2 Å². The number of hydrogen-bond acceptors (Lipinski definition) is 4. The second-order valence-corrected chi connectivity index (χ2v) is 10.5. The smallest absolute Gasteiger partial charge is 0.410 e. The van der Waals surface area contributed by atoms with Crippen LogP contribution < -0.4 is 4.90 Å². The van der Waals surface area contributed by atoms with Gasteiger partial charge in [-0.1, -0.05) is 17.7 Å². The number of ether oxygens (including phenoxy) is 1. The largest absolute Gasteiger partial charge is 0.450 e. The van der Waals surface area contributed by atoms with Crippen molar-refractivity contribution >= 4 is 17.7 Å². The van der Waals surface area contributed by atoms with Crippen molar-refractivity contribution < 1.29 is 14.3 Å². The first kappa shape index (κ1) is 21.7. The number of fused-ring (bicyclic) bond motifs is 4. The van der Waals surface area contributed by atoms with Gasteiger partial charge in [0.2, 0.25) is 5.91 Å². The Morgan fingerprint density at radius 2 is 1.72 bits per heavy atom. The minimum Gasteiger partial charge on any atom is -0.450 e. The Hall–Kier alpha value is -2.08. The second-order valence-electron chi connectivity index (χ2n) is 10.5. The molecule has 3 fully saturated rings. The van der Waals surface area contributed by atoms with E-state index in [4.69, 9.17) is 4.74 Å². The van der Waals surface area contributed by atoms with Gasteiger partial charge in [-0.05, 0) is 83.5 Å². The fraction of sp³-hybridized carbons (Fsp3) is 0.692. The van der Waals surface area contributed by atoms with Crippen LogP contribution in [0.4, 0.5) is 10.5 Å². The molecule has 174 valence electrons. The highest BCUT2D eigenvalue weighted by Crippen LogP contribution is 2.50. The minimum absolute atomic E-state index is 0.0822. The van der Waals surface area contributed by atoms with E-state index in [1.807, 2.05) is 16.7 Å². The van der Waals surface area contributed by atoms with Gasteiger partial charge in [0.25, 0.3) is 0 Å². The van der Waals surface area contributed by atoms with Crippen LogP contribution in [0.5, 0.6) is 0 Å². The molecule has 32 heavy (non-hydrogen) atoms. The van der Waals surface area contributed by atoms with Gasteiger partial charge in [-0.25, -0.2) is 4.79 Å². The number of carbonyl (C=O) groups excluding carboxylic acids is 2. The second kappa shape index (κ2) is 8.05. The van der Waals surface area contributed by atoms with Crippen molar-refractivity contribution in [3.05, 3.63) is 28.8 Å². The molecule has 1 aromatic rings. The van der Waals surface area contributed by atoms with Crippen molar-refractivity contribution in [2.45, 2.75) is 89.8 Å². The molecule has 0 saturated carbocycles. The number of nitrogens with zero attached hydrogens (tertiary/aromatic N) is 3. The summed E-state index contributed by atoms with van der Waals surface area (Å²) in [4.78, 5) is 31.6. The van der Waals surface area contributed by atoms with E-state index in [0.717, 1.165) is 63.8 Å². The summed E-state index contributed by atoms with van der Waals surface area (Å²) in [6, 6.07) is 5.76. The molecule has 1 spiro atoms. The number of rotatable bonds is 2. The molecule has 0 aromatic heterocycles. The van der Waals surface area contributed by atoms with Gasteiger partial charge in [-0.3, -0.25) is 4.79 Å². The lowest BCUT2D eigenvalue weighted by Crippen LogP contribution is -2.55. The lowest BCUT2D eigenvalue weighted by atomic mass is 9.73. The van der Waals surface area contributed by atoms with Crippen molar-refractivity contribution in [1.82, 2.24) is 9.80 Å². The summed E-state index contributed by atoms with van der Waals surface area (Å²) < 4.78 is 5.33. The number of hydrogen-bond donors (Lipinski definition) is 0. The van der Waals surface area contributed by atoms with Gasteiger partial charge in [-0.15, -0.1) is 0 Å². The van der Waals surface area contributed by atoms with Crippen LogP contribution in [0.3, 0.4) is 0 Å². The lowest BCUT2D eigenvalue weighted by molar-refractivity contribution is -0.116. The molecular formula is C26H37N3O3. The molecule has 6 nitrogen and oxygen atoms in total. The predicted molar refractivity (Wildman–Crippen MR) is 125 cm³/mol. The summed E-state index contributed by atoms with van der Waals surface area (Å²) in [7, 11) is 0. The maximum Gasteiger partial charge on any atom is 0.410 e. The first-order chi connectivity index (χ1) is 15.3. The van der Waals surface area contributed by atoms with Crippen LogP contribution in [0.1, 0.15) is 69.1 Å². The fourth-order valence-electron chi connectivity index (χ4n) is 7.15. The summed E-state index contributed by atoms with van der Waals surface area (Å²) in [5.41, 5.74) is 5.15. The van der Waals surface area contributed by atoms with E-state index in [0.29, 0.717) is 24.7 Å². The minimum atomic E-state index is -0.117. The molecule has 5 rings (SSSR count). The number of aryl methyl sites for hydroxylation is 2. The third kappa shape index (κ3) is 3.42. The Kier molecular flexibility index (Phi) is 5.47. The van der Waals surface area contributed by atoms with E-state index in [-0.39, 0.29) is 17.4 Å². The van der Waals surface area contributed by atoms with Crippen LogP contribution in [0.15, 0.2) is 12.1 Å². The van der Waals surface area contributed by atoms with Crippen LogP contribution in [-0.2, 0) is 14.9 Å². The van der Waals surface area contributed by atoms with Crippen molar-refractivity contribution in [1.29, 1.82) is 0 Å². The molecule has 6 heteroatoms. The molecule has 2 unspecified atom stereocenters. The zero-order valence-corrected chi connectivity index (χ0v) is 20.0. The highest BCUT2D eigenvalue weighted by Gasteiger charge is 2.49. The van der Waals surface area contributed by atoms with Gasteiger partial charge in [0.1, 0.15) is 0 Å². The van der Waals surface area contributed by atoms with E-state index in [1.165, 1.54) is 16.7 Å². The van der Waals surface area contributed by atoms with E-state index < -0.39 is 0 Å². The first-order valence-electron chi connectivity index (χ1n) is 12.4. The quantitative estimate of drug-likeness (QED) is 0.695. The van der Waals surface area contributed by atoms with Crippen LogP contribution >= 0.6 is 0 Å². The van der Waals surface area contributed by atoms with Crippen molar-refractivity contribution in [3.8, 4) is 0 Å². The normalized spacial score (nSPS) is 28.8. The summed E-state index contributed by atoms with van der Waals surface area (Å²) >= 11 is 0. The standard InChI is InChI=1S/C26H37N3O3/c1-5-32-25(31)29-20-6-7-21(29)15-22(14-20)27-10-8-26(9-11-27)16-28(19(4)30)24-18(3)12-17(2)13-23(24)26/h12-13,20-22H,5-11,14-16H2,1-4H3. The summed E-state index contributed by atoms with van der Waals surface area (Å²) in [6.07, 6.45) is 6.43. The Labute approximate surface area is 191 Å². The summed E-state index contributed by atoms with van der Waals surface area (Å²) in [5, 5.41) is 0. The molecule has 0 radical (unpaired) electrons. The third-order valence-electron chi connectivity index (χ3n) is 8.59. The first-order valence-corrected chi connectivity index (χ1v) is 12.4. The monoisotopic (exact) mass is 439 g/mol. The van der Waals surface area contributed by atoms with Gasteiger partial charge < -0.3 is 19.4 Å². The van der Waals surface area contributed by atoms with Gasteiger partial charge in [0.05, 0.1) is 12.3 Å². The summed E-state index contributed by atoms with van der Waals surface area (Å²) in [5.74, 6) is 0.153. The molecule has 4 aliphatic heterocycles. The van der Waals surface area contributed by atoms with Crippen molar-refractivity contribution in [2.24, 2.45) is 0 Å². The number of amides is 2. The molecule has 0 N–H and O–H groups in total. The molecule has 2 atom stereocenters. The Bertz CT molecular complexity index is 907. The molecule has 0 aliphatic carbocycles. The molecule has 1 aromatic carbocycles. The number of piperidine rings is 2. The zero-order chi connectivity index (χ0) is 22.6. The molecule has 3 saturated heterocycles. The Morgan fingerprint density at radius 1 is 1.06 bits per heavy atom. The van der Waals surface area contributed by atoms with Gasteiger partial charge in [0, 0.05) is 37.0 Å². The molecular weight excluding hydrogens is 402 g/mol. The van der Waals surface area contributed by atoms with Gasteiger partial charge in [0.15, 0.2) is 0 Å². The number of anilines is 1. The average molecular weight is 440 g/mol. The lowest BCUT2D eigenvalue weighted by Gasteiger charge is -2.47. The number of benzene rings is 1. The van der Waals surface area contributed by atoms with Crippen molar-refractivity contribution in [2.75, 3.05) is 31.1 Å². The topological polar surface area (TPSA) is 53.1 Å². The van der Waals surface area contributed by atoms with E-state index in [1.54, 1.807) is 6.92 Å². The fourth-order valence-corrected chi connectivity index (χ4v) is 7.15. The number of likely N-dealkylation sites (tertiary alicyclic amines) is 1. The average Bonchev–Trinajstić information content (AvgIpc) is 3.20. The predicted octanol–water partition coefficient (Wildman–Crippen LogP) is 4.16. The van der Waals surface area contributed by atoms with Crippen molar-refractivity contribution in [3.63, 3.8) is 0 Å². The Morgan fingerprint density at radius 3 is 2.31 bits per heavy atom. The number of carbonyl (C=O) groups is 2. The van der Waals surface area contributed by atoms with E-state index in [2.05, 4.69) is 30.9 Å². The third-order valence-corrected chi connectivity index (χ3v) is 8.59. The molecule has 4 heterocycles. The maximum atomic E-state index is 12.5. The molecule has 2 bridgehead atoms. The molecule has 2 amide bonds. The Balaban J connectivity index is 1.31. The van der Waals surface area contributed by atoms with Crippen LogP contribution in [0.25, 0.3) is 0 Å².